The van der Waals surface area contributed by atoms with Crippen LogP contribution in [-0.4, -0.2) is 50.3 Å². The molecule has 142 valence electrons. The van der Waals surface area contributed by atoms with Gasteiger partial charge in [-0.3, -0.25) is 0 Å². The first kappa shape index (κ1) is 20.2. The predicted molar refractivity (Wildman–Crippen MR) is 104 cm³/mol. The van der Waals surface area contributed by atoms with E-state index in [9.17, 15) is 0 Å². The summed E-state index contributed by atoms with van der Waals surface area (Å²) in [5.41, 5.74) is 0. The smallest absolute Gasteiger partial charge is 0.0221 e. The van der Waals surface area contributed by atoms with Crippen molar-refractivity contribution in [2.45, 2.75) is 78.6 Å². The number of piperazine rings is 2. The summed E-state index contributed by atoms with van der Waals surface area (Å²) in [6.45, 7) is 18.6. The van der Waals surface area contributed by atoms with Crippen molar-refractivity contribution in [1.29, 1.82) is 0 Å². The molecule has 2 fully saturated rings. The van der Waals surface area contributed by atoms with Gasteiger partial charge in [0, 0.05) is 50.3 Å². The lowest BCUT2D eigenvalue weighted by atomic mass is 9.86. The highest BCUT2D eigenvalue weighted by Crippen LogP contribution is 2.21. The van der Waals surface area contributed by atoms with Crippen molar-refractivity contribution in [3.8, 4) is 0 Å². The molecule has 0 amide bonds. The molecule has 0 aromatic rings. The van der Waals surface area contributed by atoms with Crippen molar-refractivity contribution in [1.82, 2.24) is 21.3 Å². The average Bonchev–Trinajstić information content (AvgIpc) is 2.59. The van der Waals surface area contributed by atoms with Crippen LogP contribution in [0.1, 0.15) is 54.4 Å². The van der Waals surface area contributed by atoms with Gasteiger partial charge in [-0.15, -0.1) is 0 Å². The van der Waals surface area contributed by atoms with Gasteiger partial charge in [0.05, 0.1) is 0 Å². The molecule has 0 aromatic heterocycles. The molecule has 0 spiro atoms. The zero-order chi connectivity index (χ0) is 17.7. The average molecular weight is 339 g/mol. The second kappa shape index (κ2) is 9.51. The van der Waals surface area contributed by atoms with Gasteiger partial charge in [0.15, 0.2) is 0 Å². The zero-order valence-electron chi connectivity index (χ0n) is 16.9. The van der Waals surface area contributed by atoms with E-state index in [2.05, 4.69) is 62.8 Å². The van der Waals surface area contributed by atoms with E-state index in [4.69, 9.17) is 0 Å². The second-order valence-electron chi connectivity index (χ2n) is 9.10. The van der Waals surface area contributed by atoms with E-state index >= 15 is 0 Å². The third-order valence-electron chi connectivity index (χ3n) is 6.37. The Morgan fingerprint density at radius 2 is 0.917 bits per heavy atom. The number of hydrogen-bond donors (Lipinski definition) is 4. The van der Waals surface area contributed by atoms with Crippen molar-refractivity contribution in [3.63, 3.8) is 0 Å². The van der Waals surface area contributed by atoms with E-state index in [1.165, 1.54) is 12.8 Å². The Morgan fingerprint density at radius 3 is 1.25 bits per heavy atom. The summed E-state index contributed by atoms with van der Waals surface area (Å²) in [5.74, 6) is 2.88. The quantitative estimate of drug-likeness (QED) is 0.575. The molecule has 4 N–H and O–H groups in total. The third-order valence-corrected chi connectivity index (χ3v) is 6.37. The van der Waals surface area contributed by atoms with E-state index in [0.29, 0.717) is 36.0 Å². The van der Waals surface area contributed by atoms with Crippen LogP contribution in [0.15, 0.2) is 0 Å². The Labute approximate surface area is 150 Å². The lowest BCUT2D eigenvalue weighted by Crippen LogP contribution is -2.59. The van der Waals surface area contributed by atoms with Crippen LogP contribution in [0, 0.1) is 23.7 Å². The lowest BCUT2D eigenvalue weighted by molar-refractivity contribution is 0.203. The van der Waals surface area contributed by atoms with Crippen LogP contribution in [-0.2, 0) is 0 Å². The molecular formula is C20H42N4. The standard InChI is InChI=1S/C20H42N4/c1-13(2)17-9-21-11-19(23-17)15(5)7-8-16(6)20-12-22-10-18(24-20)14(3)4/h13-24H,7-12H2,1-6H3/t15?,16?,17-,18+,19-,20-/m0/s1. The highest BCUT2D eigenvalue weighted by atomic mass is 15.1. The van der Waals surface area contributed by atoms with E-state index in [1.54, 1.807) is 0 Å². The van der Waals surface area contributed by atoms with Gasteiger partial charge < -0.3 is 21.3 Å². The number of hydrogen-bond acceptors (Lipinski definition) is 4. The zero-order valence-corrected chi connectivity index (χ0v) is 16.9. The molecule has 2 rings (SSSR count). The van der Waals surface area contributed by atoms with Gasteiger partial charge in [0.25, 0.3) is 0 Å². The van der Waals surface area contributed by atoms with Crippen molar-refractivity contribution in [3.05, 3.63) is 0 Å². The van der Waals surface area contributed by atoms with Crippen molar-refractivity contribution >= 4 is 0 Å². The maximum absolute atomic E-state index is 3.89. The minimum atomic E-state index is 0.624. The summed E-state index contributed by atoms with van der Waals surface area (Å²) in [5, 5.41) is 15.0. The molecular weight excluding hydrogens is 296 g/mol. The SMILES string of the molecule is CC(C)[C@@H]1CNC[C@@H](C(C)CCC(C)[C@@H]2CNC[C@H](C(C)C)N2)N1. The van der Waals surface area contributed by atoms with Crippen molar-refractivity contribution in [2.24, 2.45) is 23.7 Å². The molecule has 2 aliphatic heterocycles. The molecule has 24 heavy (non-hydrogen) atoms. The third kappa shape index (κ3) is 5.69. The molecule has 2 heterocycles. The topological polar surface area (TPSA) is 48.1 Å². The largest absolute Gasteiger partial charge is 0.314 e. The predicted octanol–water partition coefficient (Wildman–Crippen LogP) is 2.21. The first-order valence-corrected chi connectivity index (χ1v) is 10.3. The molecule has 0 saturated carbocycles. The monoisotopic (exact) mass is 338 g/mol. The van der Waals surface area contributed by atoms with E-state index in [-0.39, 0.29) is 0 Å². The molecule has 6 atom stereocenters. The highest BCUT2D eigenvalue weighted by molar-refractivity contribution is 4.90. The van der Waals surface area contributed by atoms with Crippen molar-refractivity contribution in [2.75, 3.05) is 26.2 Å². The van der Waals surface area contributed by atoms with Gasteiger partial charge in [0.2, 0.25) is 0 Å². The Morgan fingerprint density at radius 1 is 0.583 bits per heavy atom. The molecule has 4 nitrogen and oxygen atoms in total. The minimum absolute atomic E-state index is 0.624. The summed E-state index contributed by atoms with van der Waals surface area (Å²) in [6, 6.07) is 2.50. The summed E-state index contributed by atoms with van der Waals surface area (Å²) >= 11 is 0. The molecule has 0 aliphatic carbocycles. The number of nitrogens with one attached hydrogen (secondary N) is 4. The maximum atomic E-state index is 3.89. The molecule has 0 radical (unpaired) electrons. The van der Waals surface area contributed by atoms with Gasteiger partial charge in [-0.25, -0.2) is 0 Å². The van der Waals surface area contributed by atoms with Crippen LogP contribution in [0.5, 0.6) is 0 Å². The van der Waals surface area contributed by atoms with Gasteiger partial charge >= 0.3 is 0 Å². The van der Waals surface area contributed by atoms with Crippen LogP contribution in [0.25, 0.3) is 0 Å². The molecule has 2 aliphatic rings. The van der Waals surface area contributed by atoms with Crippen LogP contribution < -0.4 is 21.3 Å². The first-order valence-electron chi connectivity index (χ1n) is 10.3. The molecule has 4 heteroatoms. The first-order chi connectivity index (χ1) is 11.4. The van der Waals surface area contributed by atoms with Gasteiger partial charge in [-0.2, -0.15) is 0 Å². The fourth-order valence-electron chi connectivity index (χ4n) is 4.09. The molecule has 0 bridgehead atoms. The van der Waals surface area contributed by atoms with Gasteiger partial charge in [-0.1, -0.05) is 41.5 Å². The number of rotatable bonds is 7. The van der Waals surface area contributed by atoms with Crippen LogP contribution in [0.3, 0.4) is 0 Å². The van der Waals surface area contributed by atoms with E-state index < -0.39 is 0 Å². The summed E-state index contributed by atoms with van der Waals surface area (Å²) < 4.78 is 0. The minimum Gasteiger partial charge on any atom is -0.314 e. The molecule has 2 saturated heterocycles. The van der Waals surface area contributed by atoms with Crippen LogP contribution >= 0.6 is 0 Å². The molecule has 0 aromatic carbocycles. The van der Waals surface area contributed by atoms with Crippen LogP contribution in [0.4, 0.5) is 0 Å². The Hall–Kier alpha value is -0.160. The fraction of sp³-hybridized carbons (Fsp3) is 1.00. The Kier molecular flexibility index (Phi) is 7.99. The van der Waals surface area contributed by atoms with Gasteiger partial charge in [-0.05, 0) is 36.5 Å². The Bertz CT molecular complexity index is 324. The molecule has 2 unspecified atom stereocenters. The second-order valence-corrected chi connectivity index (χ2v) is 9.10. The highest BCUT2D eigenvalue weighted by Gasteiger charge is 2.29. The van der Waals surface area contributed by atoms with E-state index in [0.717, 1.165) is 38.0 Å². The summed E-state index contributed by atoms with van der Waals surface area (Å²) in [4.78, 5) is 0. The summed E-state index contributed by atoms with van der Waals surface area (Å²) in [7, 11) is 0. The summed E-state index contributed by atoms with van der Waals surface area (Å²) in [6.07, 6.45) is 2.63. The fourth-order valence-corrected chi connectivity index (χ4v) is 4.09. The lowest BCUT2D eigenvalue weighted by Gasteiger charge is -2.39. The maximum Gasteiger partial charge on any atom is 0.0221 e. The van der Waals surface area contributed by atoms with E-state index in [1.807, 2.05) is 0 Å². The van der Waals surface area contributed by atoms with Crippen LogP contribution in [0.2, 0.25) is 0 Å². The van der Waals surface area contributed by atoms with Crippen molar-refractivity contribution < 1.29 is 0 Å². The Balaban J connectivity index is 1.75. The normalized spacial score (nSPS) is 34.5. The van der Waals surface area contributed by atoms with Gasteiger partial charge in [0.1, 0.15) is 0 Å².